The third-order valence-electron chi connectivity index (χ3n) is 2.39. The van der Waals surface area contributed by atoms with Crippen molar-refractivity contribution in [3.05, 3.63) is 27.7 Å². The van der Waals surface area contributed by atoms with E-state index in [9.17, 15) is 0 Å². The van der Waals surface area contributed by atoms with Crippen LogP contribution < -0.4 is 10.1 Å². The van der Waals surface area contributed by atoms with Crippen LogP contribution in [-0.2, 0) is 6.54 Å². The fraction of sp³-hybridized carbons (Fsp3) is 0.538. The minimum Gasteiger partial charge on any atom is -0.496 e. The lowest BCUT2D eigenvalue weighted by Crippen LogP contribution is -2.19. The maximum absolute atomic E-state index is 5.43. The molecule has 0 aliphatic carbocycles. The fourth-order valence-corrected chi connectivity index (χ4v) is 2.34. The summed E-state index contributed by atoms with van der Waals surface area (Å²) >= 11 is 3.51. The van der Waals surface area contributed by atoms with Crippen LogP contribution in [0.25, 0.3) is 0 Å². The van der Waals surface area contributed by atoms with E-state index in [1.54, 1.807) is 7.11 Å². The summed E-state index contributed by atoms with van der Waals surface area (Å²) in [5, 5.41) is 3.43. The number of halogens is 1. The largest absolute Gasteiger partial charge is 0.496 e. The summed E-state index contributed by atoms with van der Waals surface area (Å²) in [6.45, 7) is 8.35. The Morgan fingerprint density at radius 1 is 1.38 bits per heavy atom. The molecule has 0 aliphatic heterocycles. The van der Waals surface area contributed by atoms with Gasteiger partial charge in [0, 0.05) is 16.6 Å². The van der Waals surface area contributed by atoms with E-state index >= 15 is 0 Å². The Balaban J connectivity index is 2.77. The van der Waals surface area contributed by atoms with Gasteiger partial charge in [-0.05, 0) is 37.1 Å². The summed E-state index contributed by atoms with van der Waals surface area (Å²) < 4.78 is 6.53. The molecule has 0 amide bonds. The van der Waals surface area contributed by atoms with Crippen LogP contribution in [0.3, 0.4) is 0 Å². The zero-order valence-corrected chi connectivity index (χ0v) is 12.0. The topological polar surface area (TPSA) is 21.3 Å². The molecule has 0 fully saturated rings. The van der Waals surface area contributed by atoms with E-state index in [2.05, 4.69) is 54.2 Å². The Morgan fingerprint density at radius 3 is 2.62 bits per heavy atom. The second kappa shape index (κ2) is 6.26. The van der Waals surface area contributed by atoms with Gasteiger partial charge in [0.2, 0.25) is 0 Å². The van der Waals surface area contributed by atoms with Gasteiger partial charge in [0.05, 0.1) is 7.11 Å². The number of methoxy groups -OCH3 is 1. The van der Waals surface area contributed by atoms with E-state index in [0.717, 1.165) is 23.3 Å². The van der Waals surface area contributed by atoms with Crippen LogP contribution in [0.4, 0.5) is 0 Å². The molecule has 2 nitrogen and oxygen atoms in total. The van der Waals surface area contributed by atoms with Crippen molar-refractivity contribution in [2.24, 2.45) is 5.92 Å². The molecule has 1 aromatic rings. The van der Waals surface area contributed by atoms with Crippen LogP contribution in [0, 0.1) is 12.8 Å². The Labute approximate surface area is 107 Å². The zero-order valence-electron chi connectivity index (χ0n) is 10.4. The molecule has 0 bridgehead atoms. The number of nitrogens with one attached hydrogen (secondary N) is 1. The molecule has 1 aromatic carbocycles. The molecule has 0 unspecified atom stereocenters. The van der Waals surface area contributed by atoms with E-state index in [1.807, 2.05) is 0 Å². The molecule has 3 heteroatoms. The molecule has 0 spiro atoms. The molecule has 1 rings (SSSR count). The molecule has 90 valence electrons. The van der Waals surface area contributed by atoms with Gasteiger partial charge in [-0.3, -0.25) is 0 Å². The fourth-order valence-electron chi connectivity index (χ4n) is 1.72. The molecular formula is C13H20BrNO. The lowest BCUT2D eigenvalue weighted by Gasteiger charge is -2.13. The van der Waals surface area contributed by atoms with Crippen molar-refractivity contribution in [2.75, 3.05) is 13.7 Å². The second-order valence-corrected chi connectivity index (χ2v) is 5.36. The molecule has 0 radical (unpaired) electrons. The van der Waals surface area contributed by atoms with E-state index in [-0.39, 0.29) is 0 Å². The summed E-state index contributed by atoms with van der Waals surface area (Å²) in [6.07, 6.45) is 0. The predicted molar refractivity (Wildman–Crippen MR) is 72.0 cm³/mol. The van der Waals surface area contributed by atoms with E-state index in [0.29, 0.717) is 5.92 Å². The summed E-state index contributed by atoms with van der Waals surface area (Å²) in [5.41, 5.74) is 2.37. The van der Waals surface area contributed by atoms with Gasteiger partial charge < -0.3 is 10.1 Å². The number of hydrogen-bond donors (Lipinski definition) is 1. The Bertz CT molecular complexity index is 350. The van der Waals surface area contributed by atoms with Crippen molar-refractivity contribution < 1.29 is 4.74 Å². The molecular weight excluding hydrogens is 266 g/mol. The van der Waals surface area contributed by atoms with Crippen LogP contribution in [-0.4, -0.2) is 13.7 Å². The first-order valence-electron chi connectivity index (χ1n) is 5.58. The smallest absolute Gasteiger partial charge is 0.126 e. The Morgan fingerprint density at radius 2 is 2.06 bits per heavy atom. The van der Waals surface area contributed by atoms with Gasteiger partial charge in [-0.15, -0.1) is 0 Å². The lowest BCUT2D eigenvalue weighted by molar-refractivity contribution is 0.403. The molecule has 0 aromatic heterocycles. The van der Waals surface area contributed by atoms with Gasteiger partial charge in [-0.1, -0.05) is 29.8 Å². The molecule has 0 saturated heterocycles. The average molecular weight is 286 g/mol. The highest BCUT2D eigenvalue weighted by atomic mass is 79.9. The lowest BCUT2D eigenvalue weighted by atomic mass is 10.1. The highest BCUT2D eigenvalue weighted by Gasteiger charge is 2.07. The number of aryl methyl sites for hydroxylation is 1. The minimum absolute atomic E-state index is 0.666. The van der Waals surface area contributed by atoms with Gasteiger partial charge in [-0.25, -0.2) is 0 Å². The van der Waals surface area contributed by atoms with Crippen LogP contribution in [0.2, 0.25) is 0 Å². The molecule has 1 N–H and O–H groups in total. The van der Waals surface area contributed by atoms with Crippen molar-refractivity contribution >= 4 is 15.9 Å². The van der Waals surface area contributed by atoms with Crippen molar-refractivity contribution in [2.45, 2.75) is 27.3 Å². The van der Waals surface area contributed by atoms with Crippen LogP contribution in [0.1, 0.15) is 25.0 Å². The first-order chi connectivity index (χ1) is 7.54. The summed E-state index contributed by atoms with van der Waals surface area (Å²) in [7, 11) is 1.72. The van der Waals surface area contributed by atoms with Crippen LogP contribution in [0.15, 0.2) is 16.6 Å². The predicted octanol–water partition coefficient (Wildman–Crippen LogP) is 3.51. The van der Waals surface area contributed by atoms with Crippen LogP contribution >= 0.6 is 15.9 Å². The van der Waals surface area contributed by atoms with Gasteiger partial charge in [0.1, 0.15) is 5.75 Å². The number of hydrogen-bond acceptors (Lipinski definition) is 2. The second-order valence-electron chi connectivity index (χ2n) is 4.44. The minimum atomic E-state index is 0.666. The molecule has 0 saturated carbocycles. The van der Waals surface area contributed by atoms with Crippen molar-refractivity contribution in [3.8, 4) is 5.75 Å². The monoisotopic (exact) mass is 285 g/mol. The number of ether oxygens (including phenoxy) is 1. The van der Waals surface area contributed by atoms with Gasteiger partial charge in [0.25, 0.3) is 0 Å². The molecule has 0 atom stereocenters. The Kier molecular flexibility index (Phi) is 5.29. The van der Waals surface area contributed by atoms with E-state index < -0.39 is 0 Å². The van der Waals surface area contributed by atoms with Crippen molar-refractivity contribution in [3.63, 3.8) is 0 Å². The Hall–Kier alpha value is -0.540. The summed E-state index contributed by atoms with van der Waals surface area (Å²) in [6, 6.07) is 4.18. The van der Waals surface area contributed by atoms with Crippen molar-refractivity contribution in [1.29, 1.82) is 0 Å². The first-order valence-corrected chi connectivity index (χ1v) is 6.37. The van der Waals surface area contributed by atoms with Crippen LogP contribution in [0.5, 0.6) is 5.75 Å². The van der Waals surface area contributed by atoms with E-state index in [4.69, 9.17) is 4.74 Å². The van der Waals surface area contributed by atoms with Gasteiger partial charge >= 0.3 is 0 Å². The maximum atomic E-state index is 5.43. The zero-order chi connectivity index (χ0) is 12.1. The third-order valence-corrected chi connectivity index (χ3v) is 2.85. The number of benzene rings is 1. The highest BCUT2D eigenvalue weighted by Crippen LogP contribution is 2.27. The van der Waals surface area contributed by atoms with Gasteiger partial charge in [0.15, 0.2) is 0 Å². The summed E-state index contributed by atoms with van der Waals surface area (Å²) in [4.78, 5) is 0. The molecule has 0 heterocycles. The highest BCUT2D eigenvalue weighted by molar-refractivity contribution is 9.10. The standard InChI is InChI=1S/C13H20BrNO/c1-9(2)7-15-8-11-6-12(14)5-10(3)13(11)16-4/h5-6,9,15H,7-8H2,1-4H3. The SMILES string of the molecule is COc1c(C)cc(Br)cc1CNCC(C)C. The van der Waals surface area contributed by atoms with E-state index in [1.165, 1.54) is 11.1 Å². The third kappa shape index (κ3) is 3.80. The number of rotatable bonds is 5. The average Bonchev–Trinajstić information content (AvgIpc) is 2.16. The molecule has 16 heavy (non-hydrogen) atoms. The normalized spacial score (nSPS) is 10.9. The first kappa shape index (κ1) is 13.5. The summed E-state index contributed by atoms with van der Waals surface area (Å²) in [5.74, 6) is 1.65. The molecule has 0 aliphatic rings. The maximum Gasteiger partial charge on any atom is 0.126 e. The van der Waals surface area contributed by atoms with Crippen molar-refractivity contribution in [1.82, 2.24) is 5.32 Å². The quantitative estimate of drug-likeness (QED) is 0.894. The van der Waals surface area contributed by atoms with Gasteiger partial charge in [-0.2, -0.15) is 0 Å².